The van der Waals surface area contributed by atoms with E-state index in [9.17, 15) is 4.79 Å². The molecule has 1 amide bonds. The molecule has 4 nitrogen and oxygen atoms in total. The summed E-state index contributed by atoms with van der Waals surface area (Å²) in [7, 11) is 0. The van der Waals surface area contributed by atoms with Crippen LogP contribution in [0.5, 0.6) is 0 Å². The van der Waals surface area contributed by atoms with E-state index >= 15 is 0 Å². The molecule has 2 N–H and O–H groups in total. The van der Waals surface area contributed by atoms with E-state index in [1.54, 1.807) is 18.2 Å². The monoisotopic (exact) mass is 311 g/mol. The number of benzene rings is 1. The fourth-order valence-corrected chi connectivity index (χ4v) is 1.74. The van der Waals surface area contributed by atoms with E-state index in [4.69, 9.17) is 28.5 Å². The Labute approximate surface area is 128 Å². The number of nitrogens with zero attached hydrogens (tertiary/aromatic N) is 1. The van der Waals surface area contributed by atoms with E-state index in [1.165, 1.54) is 6.20 Å². The van der Waals surface area contributed by atoms with Crippen molar-refractivity contribution in [2.24, 2.45) is 0 Å². The number of carbonyl (C=O) groups excluding carboxylic acids is 1. The van der Waals surface area contributed by atoms with Gasteiger partial charge in [0.15, 0.2) is 0 Å². The molecule has 6 heteroatoms. The lowest BCUT2D eigenvalue weighted by atomic mass is 10.2. The highest BCUT2D eigenvalue weighted by Gasteiger charge is 2.12. The number of anilines is 1. The fraction of sp³-hybridized carbons (Fsp3) is 0.286. The van der Waals surface area contributed by atoms with Gasteiger partial charge in [0.2, 0.25) is 0 Å². The Bertz CT molecular complexity index is 550. The van der Waals surface area contributed by atoms with E-state index in [0.29, 0.717) is 17.3 Å². The zero-order chi connectivity index (χ0) is 15.0. The van der Waals surface area contributed by atoms with Crippen LogP contribution in [-0.2, 0) is 4.79 Å². The molecule has 0 unspecified atom stereocenters. The van der Waals surface area contributed by atoms with E-state index in [2.05, 4.69) is 17.6 Å². The molecule has 20 heavy (non-hydrogen) atoms. The lowest BCUT2D eigenvalue weighted by Gasteiger charge is -2.07. The van der Waals surface area contributed by atoms with Crippen LogP contribution in [0.4, 0.5) is 5.69 Å². The first-order chi connectivity index (χ1) is 9.60. The van der Waals surface area contributed by atoms with Gasteiger partial charge in [-0.25, -0.2) is 0 Å². The molecule has 0 aromatic heterocycles. The lowest BCUT2D eigenvalue weighted by molar-refractivity contribution is -0.112. The van der Waals surface area contributed by atoms with Gasteiger partial charge < -0.3 is 10.6 Å². The van der Waals surface area contributed by atoms with Crippen molar-refractivity contribution in [2.75, 3.05) is 11.9 Å². The third kappa shape index (κ3) is 4.76. The van der Waals surface area contributed by atoms with Crippen LogP contribution in [0.25, 0.3) is 0 Å². The molecule has 106 valence electrons. The Morgan fingerprint density at radius 1 is 1.45 bits per heavy atom. The van der Waals surface area contributed by atoms with Crippen LogP contribution in [0.3, 0.4) is 0 Å². The van der Waals surface area contributed by atoms with Gasteiger partial charge in [-0.3, -0.25) is 4.79 Å². The summed E-state index contributed by atoms with van der Waals surface area (Å²) in [5.74, 6) is -0.527. The largest absolute Gasteiger partial charge is 0.390 e. The summed E-state index contributed by atoms with van der Waals surface area (Å²) in [4.78, 5) is 11.9. The summed E-state index contributed by atoms with van der Waals surface area (Å²) in [6.07, 6.45) is 3.41. The van der Waals surface area contributed by atoms with Crippen molar-refractivity contribution in [1.82, 2.24) is 5.32 Å². The topological polar surface area (TPSA) is 64.9 Å². The summed E-state index contributed by atoms with van der Waals surface area (Å²) < 4.78 is 0. The first kappa shape index (κ1) is 16.4. The molecule has 1 aromatic rings. The third-order valence-electron chi connectivity index (χ3n) is 2.49. The average Bonchev–Trinajstić information content (AvgIpc) is 2.44. The third-order valence-corrected chi connectivity index (χ3v) is 3.30. The maximum Gasteiger partial charge on any atom is 0.267 e. The number of hydrogen-bond donors (Lipinski definition) is 2. The van der Waals surface area contributed by atoms with Crippen molar-refractivity contribution in [3.8, 4) is 6.07 Å². The molecule has 0 bridgehead atoms. The molecule has 0 spiro atoms. The molecule has 1 aromatic carbocycles. The zero-order valence-electron chi connectivity index (χ0n) is 11.0. The smallest absolute Gasteiger partial charge is 0.267 e. The summed E-state index contributed by atoms with van der Waals surface area (Å²) in [6, 6.07) is 6.74. The average molecular weight is 312 g/mol. The van der Waals surface area contributed by atoms with Gasteiger partial charge in [-0.05, 0) is 18.6 Å². The highest BCUT2D eigenvalue weighted by molar-refractivity contribution is 6.44. The Hall–Kier alpha value is -1.70. The zero-order valence-corrected chi connectivity index (χ0v) is 12.6. The van der Waals surface area contributed by atoms with Gasteiger partial charge in [-0.15, -0.1) is 0 Å². The van der Waals surface area contributed by atoms with Crippen LogP contribution >= 0.6 is 23.2 Å². The fourth-order valence-electron chi connectivity index (χ4n) is 1.39. The number of carbonyl (C=O) groups is 1. The Balaban J connectivity index is 2.73. The Morgan fingerprint density at radius 2 is 2.20 bits per heavy atom. The second-order valence-electron chi connectivity index (χ2n) is 4.03. The number of rotatable bonds is 6. The molecule has 1 rings (SSSR count). The summed E-state index contributed by atoms with van der Waals surface area (Å²) in [6.45, 7) is 2.78. The molecule has 0 atom stereocenters. The SMILES string of the molecule is CCCCN/C=C(/C#N)C(=O)Nc1cccc(Cl)c1Cl. The van der Waals surface area contributed by atoms with Crippen molar-refractivity contribution in [3.63, 3.8) is 0 Å². The Morgan fingerprint density at radius 3 is 2.85 bits per heavy atom. The van der Waals surface area contributed by atoms with Gasteiger partial charge in [0, 0.05) is 12.7 Å². The maximum absolute atomic E-state index is 11.9. The van der Waals surface area contributed by atoms with Crippen molar-refractivity contribution in [1.29, 1.82) is 5.26 Å². The molecule has 0 heterocycles. The molecule has 0 aliphatic rings. The molecular weight excluding hydrogens is 297 g/mol. The van der Waals surface area contributed by atoms with Crippen LogP contribution in [0.2, 0.25) is 10.0 Å². The molecule has 0 aliphatic carbocycles. The maximum atomic E-state index is 11.9. The van der Waals surface area contributed by atoms with Gasteiger partial charge in [0.25, 0.3) is 5.91 Å². The molecule has 0 aliphatic heterocycles. The highest BCUT2D eigenvalue weighted by Crippen LogP contribution is 2.29. The van der Waals surface area contributed by atoms with Gasteiger partial charge in [0.1, 0.15) is 11.6 Å². The van der Waals surface area contributed by atoms with Gasteiger partial charge in [-0.2, -0.15) is 5.26 Å². The van der Waals surface area contributed by atoms with E-state index in [-0.39, 0.29) is 10.6 Å². The van der Waals surface area contributed by atoms with E-state index in [1.807, 2.05) is 6.07 Å². The highest BCUT2D eigenvalue weighted by atomic mass is 35.5. The van der Waals surface area contributed by atoms with Gasteiger partial charge >= 0.3 is 0 Å². The van der Waals surface area contributed by atoms with Crippen molar-refractivity contribution in [3.05, 3.63) is 40.0 Å². The second-order valence-corrected chi connectivity index (χ2v) is 4.82. The second kappa shape index (κ2) is 8.47. The lowest BCUT2D eigenvalue weighted by Crippen LogP contribution is -2.17. The molecule has 0 saturated heterocycles. The van der Waals surface area contributed by atoms with Crippen LogP contribution < -0.4 is 10.6 Å². The number of hydrogen-bond acceptors (Lipinski definition) is 3. The van der Waals surface area contributed by atoms with Crippen LogP contribution in [0, 0.1) is 11.3 Å². The van der Waals surface area contributed by atoms with Gasteiger partial charge in [-0.1, -0.05) is 42.6 Å². The molecule has 0 radical (unpaired) electrons. The normalized spacial score (nSPS) is 10.8. The minimum absolute atomic E-state index is 0.0165. The predicted octanol–water partition coefficient (Wildman–Crippen LogP) is 3.73. The molecule has 0 saturated carbocycles. The van der Waals surface area contributed by atoms with Crippen molar-refractivity contribution in [2.45, 2.75) is 19.8 Å². The first-order valence-corrected chi connectivity index (χ1v) is 6.94. The summed E-state index contributed by atoms with van der Waals surface area (Å²) >= 11 is 11.8. The van der Waals surface area contributed by atoms with Crippen molar-refractivity contribution < 1.29 is 4.79 Å². The predicted molar refractivity (Wildman–Crippen MR) is 81.7 cm³/mol. The summed E-state index contributed by atoms with van der Waals surface area (Å²) in [5, 5.41) is 15.0. The number of halogens is 2. The summed E-state index contributed by atoms with van der Waals surface area (Å²) in [5.41, 5.74) is 0.357. The minimum Gasteiger partial charge on any atom is -0.390 e. The standard InChI is InChI=1S/C14H15Cl2N3O/c1-2-3-7-18-9-10(8-17)14(20)19-12-6-4-5-11(15)13(12)16/h4-6,9,18H,2-3,7H2,1H3,(H,19,20)/b10-9-. The molecule has 0 fully saturated rings. The Kier molecular flexibility index (Phi) is 6.92. The number of amides is 1. The number of nitriles is 1. The number of unbranched alkanes of at least 4 members (excludes halogenated alkanes) is 1. The van der Waals surface area contributed by atoms with Crippen LogP contribution in [0.15, 0.2) is 30.0 Å². The first-order valence-electron chi connectivity index (χ1n) is 6.19. The quantitative estimate of drug-likeness (QED) is 0.478. The van der Waals surface area contributed by atoms with E-state index in [0.717, 1.165) is 12.8 Å². The van der Waals surface area contributed by atoms with Gasteiger partial charge in [0.05, 0.1) is 15.7 Å². The van der Waals surface area contributed by atoms with E-state index < -0.39 is 5.91 Å². The molecular formula is C14H15Cl2N3O. The van der Waals surface area contributed by atoms with Crippen LogP contribution in [-0.4, -0.2) is 12.5 Å². The minimum atomic E-state index is -0.527. The number of nitrogens with one attached hydrogen (secondary N) is 2. The van der Waals surface area contributed by atoms with Crippen molar-refractivity contribution >= 4 is 34.8 Å². The van der Waals surface area contributed by atoms with Crippen LogP contribution in [0.1, 0.15) is 19.8 Å².